The van der Waals surface area contributed by atoms with E-state index in [0.29, 0.717) is 44.5 Å². The molecule has 0 bridgehead atoms. The van der Waals surface area contributed by atoms with Gasteiger partial charge in [0, 0.05) is 275 Å². The van der Waals surface area contributed by atoms with E-state index in [1.807, 2.05) is 6.07 Å². The highest BCUT2D eigenvalue weighted by Gasteiger charge is 2.56. The van der Waals surface area contributed by atoms with Gasteiger partial charge in [-0.1, -0.05) is 0 Å². The number of quaternary nitrogens is 1. The summed E-state index contributed by atoms with van der Waals surface area (Å²) in [6, 6.07) is 5.31. The molecule has 2 aliphatic heterocycles. The van der Waals surface area contributed by atoms with Gasteiger partial charge in [0.2, 0.25) is 18.3 Å². The molecule has 0 saturated carbocycles. The van der Waals surface area contributed by atoms with Crippen molar-refractivity contribution in [3.05, 3.63) is 34.9 Å². The van der Waals surface area contributed by atoms with Crippen molar-refractivity contribution in [2.75, 3.05) is 55.9 Å². The lowest BCUT2D eigenvalue weighted by Gasteiger charge is -2.53. The number of rotatable bonds is 24. The molecule has 2 aromatic rings. The molecule has 0 saturated heterocycles. The van der Waals surface area contributed by atoms with E-state index < -0.39 is 109 Å². The fourth-order valence-electron chi connectivity index (χ4n) is 10.6. The number of Topliss-reactive ketones (excluding diaryl/α,β-unsaturated/α-hetero) is 1. The Morgan fingerprint density at radius 2 is 0.986 bits per heavy atom. The van der Waals surface area contributed by atoms with E-state index in [1.165, 1.54) is 28.4 Å². The highest BCUT2D eigenvalue weighted by molar-refractivity contribution is 8.31. The number of ether oxygens (including phenoxy) is 6. The molecule has 1 unspecified atom stereocenters. The molecule has 2 aliphatic rings. The van der Waals surface area contributed by atoms with Crippen LogP contribution >= 0.6 is 0 Å². The number of benzene rings is 2. The first-order valence-corrected chi connectivity index (χ1v) is 22.5. The predicted molar refractivity (Wildman–Crippen MR) is 330 cm³/mol. The van der Waals surface area contributed by atoms with Crippen molar-refractivity contribution >= 4 is 268 Å². The third-order valence-corrected chi connectivity index (χ3v) is 13.8. The van der Waals surface area contributed by atoms with Crippen molar-refractivity contribution in [3.63, 3.8) is 0 Å². The molecular weight excluding hydrogens is 941 g/mol. The zero-order chi connectivity index (χ0) is 52.6. The van der Waals surface area contributed by atoms with Crippen LogP contribution in [0, 0.1) is 0 Å². The zero-order valence-electron chi connectivity index (χ0n) is 41.2. The number of hydrogen-bond acceptors (Lipinski definition) is 7. The molecule has 4 rings (SSSR count). The smallest absolute Gasteiger partial charge is 0.231 e. The molecule has 1 atom stereocenters. The van der Waals surface area contributed by atoms with Crippen molar-refractivity contribution in [1.82, 2.24) is 0 Å². The molecule has 0 amide bonds. The Labute approximate surface area is 470 Å². The molecule has 8 nitrogen and oxygen atoms in total. The largest absolute Gasteiger partial charge is 1.00 e. The normalized spacial score (nSPS) is 13.3. The lowest BCUT2D eigenvalue weighted by molar-refractivity contribution is -0.922. The Morgan fingerprint density at radius 3 is 1.34 bits per heavy atom. The second-order valence-corrected chi connectivity index (χ2v) is 18.5. The Kier molecular flexibility index (Phi) is 27.9. The number of ketones is 1. The van der Waals surface area contributed by atoms with Gasteiger partial charge in [-0.05, 0) is 23.8 Å². The molecule has 0 N–H and O–H groups in total. The average molecular weight is 971 g/mol. The molecule has 2 heterocycles. The third-order valence-electron chi connectivity index (χ3n) is 13.8. The maximum absolute atomic E-state index is 13.5. The minimum absolute atomic E-state index is 0. The molecular formula is C24H30B37INO7. The Morgan fingerprint density at radius 1 is 0.586 bits per heavy atom. The third kappa shape index (κ3) is 15.6. The molecule has 0 spiro atoms. The van der Waals surface area contributed by atoms with Gasteiger partial charge >= 0.3 is 0 Å². The lowest BCUT2D eigenvalue weighted by Crippen LogP contribution is -3.00. The number of fused-ring (bicyclic) bond motifs is 2. The second-order valence-electron chi connectivity index (χ2n) is 18.5. The van der Waals surface area contributed by atoms with Crippen LogP contribution in [0.2, 0.25) is 0 Å². The number of carbonyl (C=O) groups excluding carboxylic acids is 1. The van der Waals surface area contributed by atoms with Gasteiger partial charge in [-0.3, -0.25) is 4.79 Å². The SMILES string of the molecule is COc1cc(C(=O)CC2c3c(cc4c(c3OC)OCO4)CC[N+]2(C)C)cc(OC)c1OC.[B][B]B(B([B])[B])B(B(B([B])[B])B([B])[B])B(B(B([B])[B])B([B])[B])B(B(B([B])[B])B([B])[B])B(B([B])[B])B([B])[B].[I-]. The summed E-state index contributed by atoms with van der Waals surface area (Å²) in [5.41, 5.74) is 2.64. The number of carbonyl (C=O) groups is 1. The molecule has 0 aliphatic carbocycles. The molecule has 70 heavy (non-hydrogen) atoms. The number of likely N-dealkylation sites (N-methyl/N-ethyl adjacent to an activating group) is 1. The van der Waals surface area contributed by atoms with Gasteiger partial charge < -0.3 is 56.9 Å². The molecule has 46 heteroatoms. The van der Waals surface area contributed by atoms with E-state index in [1.54, 1.807) is 19.2 Å². The van der Waals surface area contributed by atoms with Crippen LogP contribution in [0.15, 0.2) is 18.2 Å². The van der Waals surface area contributed by atoms with Gasteiger partial charge in [-0.25, -0.2) is 0 Å². The minimum atomic E-state index is -1.17. The zero-order valence-corrected chi connectivity index (χ0v) is 43.3. The predicted octanol–water partition coefficient (Wildman–Crippen LogP) is -13.7. The number of methoxy groups -OCH3 is 4. The number of halogens is 1. The number of nitrogens with zero attached hydrogens (tertiary/aromatic N) is 1. The fraction of sp³-hybridized carbons (Fsp3) is 0.458. The first kappa shape index (κ1) is 66.1. The Bertz CT molecular complexity index is 1880. The first-order valence-electron chi connectivity index (χ1n) is 22.5. The summed E-state index contributed by atoms with van der Waals surface area (Å²) < 4.78 is 34.0. The van der Waals surface area contributed by atoms with E-state index in [4.69, 9.17) is 175 Å². The van der Waals surface area contributed by atoms with Crippen LogP contribution in [0.5, 0.6) is 34.5 Å². The van der Waals surface area contributed by atoms with Gasteiger partial charge in [0.1, 0.15) is 6.04 Å². The average Bonchev–Trinajstić information content (AvgIpc) is 3.72. The highest BCUT2D eigenvalue weighted by Crippen LogP contribution is 2.51. The second kappa shape index (κ2) is 29.5. The van der Waals surface area contributed by atoms with Crippen LogP contribution in [-0.2, 0) is 6.42 Å². The number of hydrogen-bond donors (Lipinski definition) is 0. The van der Waals surface area contributed by atoms with Gasteiger partial charge in [-0.2, -0.15) is 0 Å². The van der Waals surface area contributed by atoms with Crippen LogP contribution in [0.4, 0.5) is 0 Å². The van der Waals surface area contributed by atoms with E-state index in [9.17, 15) is 4.79 Å². The highest BCUT2D eigenvalue weighted by atomic mass is 127. The van der Waals surface area contributed by atoms with Crippen LogP contribution in [-0.4, -0.2) is 329 Å². The summed E-state index contributed by atoms with van der Waals surface area (Å²) in [6.45, 7) is 1.06. The van der Waals surface area contributed by atoms with Gasteiger partial charge in [0.15, 0.2) is 28.8 Å². The van der Waals surface area contributed by atoms with E-state index in [2.05, 4.69) is 14.1 Å². The van der Waals surface area contributed by atoms with Crippen molar-refractivity contribution in [2.45, 2.75) is 18.9 Å². The summed E-state index contributed by atoms with van der Waals surface area (Å²) in [5, 5.41) is 0. The Balaban J connectivity index is 0.000000476. The summed E-state index contributed by atoms with van der Waals surface area (Å²) >= 11 is 0. The fourth-order valence-corrected chi connectivity index (χ4v) is 10.6. The van der Waals surface area contributed by atoms with Crippen LogP contribution in [0.1, 0.15) is 33.9 Å². The minimum Gasteiger partial charge on any atom is -1.00 e. The summed E-state index contributed by atoms with van der Waals surface area (Å²) in [5.74, 6) is 3.31. The summed E-state index contributed by atoms with van der Waals surface area (Å²) in [6.07, 6.45) is -16.8. The molecule has 0 fully saturated rings. The van der Waals surface area contributed by atoms with Crippen LogP contribution < -0.4 is 52.4 Å². The standard InChI is InChI=1S/C24H30NO7.B37.HI/c1-25(2)8-7-14-9-20-23(32-13-31-20)24(30-6)21(14)16(25)12-17(26)15-10-18(27-3)22(29-5)19(11-15)28-4;1-20-30(21(2)3)35(31(22(4)5)23(6)7)37(34(28(16)17)29(18)19)36(32(24(8)9)25(10)11)33(26(12)13)27(14)15;/h9-11,16H,7-8,12-13H2,1-6H3;;1H/q+1;;/p-1. The Hall–Kier alpha value is 0.00260. The topological polar surface area (TPSA) is 72.5 Å². The van der Waals surface area contributed by atoms with E-state index >= 15 is 0 Å². The van der Waals surface area contributed by atoms with Crippen LogP contribution in [0.3, 0.4) is 0 Å². The molecule has 0 aromatic heterocycles. The quantitative estimate of drug-likeness (QED) is 0.0449. The first-order chi connectivity index (χ1) is 32.2. The maximum Gasteiger partial charge on any atom is 0.231 e. The van der Waals surface area contributed by atoms with Crippen molar-refractivity contribution in [2.24, 2.45) is 0 Å². The van der Waals surface area contributed by atoms with E-state index in [0.717, 1.165) is 24.1 Å². The summed E-state index contributed by atoms with van der Waals surface area (Å²) in [7, 11) is 129. The monoisotopic (exact) mass is 978 g/mol. The van der Waals surface area contributed by atoms with Crippen molar-refractivity contribution in [3.8, 4) is 34.5 Å². The summed E-state index contributed by atoms with van der Waals surface area (Å²) in [4.78, 5) is 13.5. The van der Waals surface area contributed by atoms with Gasteiger partial charge in [0.25, 0.3) is 0 Å². The molecule has 2 aromatic carbocycles. The van der Waals surface area contributed by atoms with E-state index in [-0.39, 0.29) is 49.0 Å². The molecule has 291 valence electrons. The lowest BCUT2D eigenvalue weighted by atomic mass is 8.28. The van der Waals surface area contributed by atoms with Gasteiger partial charge in [0.05, 0.1) is 61.1 Å². The van der Waals surface area contributed by atoms with Gasteiger partial charge in [-0.15, -0.1) is 0 Å². The van der Waals surface area contributed by atoms with Crippen molar-refractivity contribution < 1.29 is 61.7 Å². The maximum atomic E-state index is 13.5. The molecule has 39 radical (unpaired) electrons. The van der Waals surface area contributed by atoms with Crippen LogP contribution in [0.25, 0.3) is 0 Å². The van der Waals surface area contributed by atoms with Crippen molar-refractivity contribution in [1.29, 1.82) is 0 Å².